The third-order valence-corrected chi connectivity index (χ3v) is 5.02. The summed E-state index contributed by atoms with van der Waals surface area (Å²) in [4.78, 5) is 14.3. The fourth-order valence-corrected chi connectivity index (χ4v) is 3.54. The molecule has 3 rings (SSSR count). The lowest BCUT2D eigenvalue weighted by molar-refractivity contribution is -0.131. The summed E-state index contributed by atoms with van der Waals surface area (Å²) in [5, 5.41) is 4.15. The van der Waals surface area contributed by atoms with Crippen LogP contribution in [0.25, 0.3) is 0 Å². The van der Waals surface area contributed by atoms with Crippen LogP contribution in [0, 0.1) is 11.8 Å². The topological polar surface area (TPSA) is 41.6 Å². The summed E-state index contributed by atoms with van der Waals surface area (Å²) < 4.78 is 5.61. The highest BCUT2D eigenvalue weighted by Gasteiger charge is 2.31. The molecule has 0 saturated carbocycles. The zero-order chi connectivity index (χ0) is 15.4. The van der Waals surface area contributed by atoms with Crippen LogP contribution in [0.3, 0.4) is 0 Å². The fraction of sp³-hybridized carbons (Fsp3) is 0.588. The molecule has 2 heterocycles. The quantitative estimate of drug-likeness (QED) is 0.926. The smallest absolute Gasteiger partial charge is 0.225 e. The van der Waals surface area contributed by atoms with Gasteiger partial charge in [0, 0.05) is 18.1 Å². The van der Waals surface area contributed by atoms with E-state index in [1.165, 1.54) is 0 Å². The van der Waals surface area contributed by atoms with E-state index < -0.39 is 0 Å². The Morgan fingerprint density at radius 3 is 2.45 bits per heavy atom. The van der Waals surface area contributed by atoms with Gasteiger partial charge in [0.1, 0.15) is 5.75 Å². The molecule has 0 unspecified atom stereocenters. The third kappa shape index (κ3) is 3.93. The molecule has 1 aromatic rings. The second-order valence-corrected chi connectivity index (χ2v) is 6.63. The maximum absolute atomic E-state index is 12.3. The van der Waals surface area contributed by atoms with Gasteiger partial charge >= 0.3 is 0 Å². The first kappa shape index (κ1) is 15.6. The minimum absolute atomic E-state index is 0.210. The van der Waals surface area contributed by atoms with Crippen molar-refractivity contribution >= 4 is 17.5 Å². The van der Waals surface area contributed by atoms with E-state index in [-0.39, 0.29) is 5.91 Å². The summed E-state index contributed by atoms with van der Waals surface area (Å²) in [5.74, 6) is 2.47. The fourth-order valence-electron chi connectivity index (χ4n) is 3.41. The number of hydrogen-bond donors (Lipinski definition) is 1. The molecule has 120 valence electrons. The summed E-state index contributed by atoms with van der Waals surface area (Å²) in [6.45, 7) is 4.44. The number of carbonyl (C=O) groups excluding carboxylic acids is 1. The van der Waals surface area contributed by atoms with E-state index in [4.69, 9.17) is 16.3 Å². The molecule has 0 aliphatic carbocycles. The van der Waals surface area contributed by atoms with Gasteiger partial charge in [-0.15, -0.1) is 0 Å². The molecule has 2 aliphatic heterocycles. The van der Waals surface area contributed by atoms with Crippen molar-refractivity contribution in [1.82, 2.24) is 10.2 Å². The Morgan fingerprint density at radius 1 is 1.18 bits per heavy atom. The lowest BCUT2D eigenvalue weighted by Crippen LogP contribution is -2.33. The average molecular weight is 323 g/mol. The molecule has 0 radical (unpaired) electrons. The number of hydrogen-bond acceptors (Lipinski definition) is 3. The highest BCUT2D eigenvalue weighted by Crippen LogP contribution is 2.27. The van der Waals surface area contributed by atoms with Gasteiger partial charge in [-0.3, -0.25) is 4.79 Å². The van der Waals surface area contributed by atoms with Crippen LogP contribution in [0.15, 0.2) is 24.3 Å². The lowest BCUT2D eigenvalue weighted by Gasteiger charge is -2.21. The Bertz CT molecular complexity index is 492. The maximum Gasteiger partial charge on any atom is 0.225 e. The Balaban J connectivity index is 1.42. The monoisotopic (exact) mass is 322 g/mol. The largest absolute Gasteiger partial charge is 0.493 e. The zero-order valence-electron chi connectivity index (χ0n) is 12.8. The van der Waals surface area contributed by atoms with E-state index in [9.17, 15) is 4.79 Å². The van der Waals surface area contributed by atoms with Crippen LogP contribution in [-0.2, 0) is 4.79 Å². The van der Waals surface area contributed by atoms with E-state index in [1.54, 1.807) is 12.1 Å². The minimum Gasteiger partial charge on any atom is -0.493 e. The maximum atomic E-state index is 12.3. The standard InChI is InChI=1S/C17H23ClN2O2/c18-15-1-3-16(4-2-15)22-10-7-17(21)20-8-5-13-11-19-12-14(13)6-9-20/h1-4,13-14,19H,5-12H2/t13-,14+. The molecule has 1 aromatic carbocycles. The van der Waals surface area contributed by atoms with Gasteiger partial charge in [0.25, 0.3) is 0 Å². The first-order valence-electron chi connectivity index (χ1n) is 8.09. The predicted octanol–water partition coefficient (Wildman–Crippen LogP) is 2.57. The molecule has 4 nitrogen and oxygen atoms in total. The Hall–Kier alpha value is -1.26. The second kappa shape index (κ2) is 7.34. The number of fused-ring (bicyclic) bond motifs is 1. The van der Waals surface area contributed by atoms with Crippen LogP contribution in [0.5, 0.6) is 5.75 Å². The van der Waals surface area contributed by atoms with Crippen molar-refractivity contribution in [2.45, 2.75) is 19.3 Å². The molecule has 1 amide bonds. The van der Waals surface area contributed by atoms with E-state index in [1.807, 2.05) is 17.0 Å². The number of amides is 1. The second-order valence-electron chi connectivity index (χ2n) is 6.19. The van der Waals surface area contributed by atoms with Gasteiger partial charge in [0.2, 0.25) is 5.91 Å². The van der Waals surface area contributed by atoms with Crippen molar-refractivity contribution in [3.05, 3.63) is 29.3 Å². The molecule has 1 N–H and O–H groups in total. The van der Waals surface area contributed by atoms with Gasteiger partial charge in [-0.05, 0) is 62.0 Å². The van der Waals surface area contributed by atoms with Gasteiger partial charge in [-0.1, -0.05) is 11.6 Å². The van der Waals surface area contributed by atoms with E-state index >= 15 is 0 Å². The van der Waals surface area contributed by atoms with Crippen molar-refractivity contribution in [3.63, 3.8) is 0 Å². The molecule has 0 aromatic heterocycles. The van der Waals surface area contributed by atoms with E-state index in [0.717, 1.165) is 56.6 Å². The molecule has 0 spiro atoms. The van der Waals surface area contributed by atoms with Crippen LogP contribution < -0.4 is 10.1 Å². The number of likely N-dealkylation sites (tertiary alicyclic amines) is 1. The highest BCUT2D eigenvalue weighted by molar-refractivity contribution is 6.30. The molecule has 22 heavy (non-hydrogen) atoms. The summed E-state index contributed by atoms with van der Waals surface area (Å²) in [6, 6.07) is 7.24. The van der Waals surface area contributed by atoms with Gasteiger partial charge in [0.15, 0.2) is 0 Å². The van der Waals surface area contributed by atoms with Crippen LogP contribution in [0.1, 0.15) is 19.3 Å². The van der Waals surface area contributed by atoms with E-state index in [2.05, 4.69) is 5.32 Å². The number of nitrogens with one attached hydrogen (secondary N) is 1. The van der Waals surface area contributed by atoms with Crippen LogP contribution in [0.4, 0.5) is 0 Å². The number of ether oxygens (including phenoxy) is 1. The Labute approximate surface area is 136 Å². The van der Waals surface area contributed by atoms with Crippen molar-refractivity contribution in [3.8, 4) is 5.75 Å². The minimum atomic E-state index is 0.210. The van der Waals surface area contributed by atoms with Crippen LogP contribution in [-0.4, -0.2) is 43.6 Å². The van der Waals surface area contributed by atoms with Gasteiger partial charge in [-0.2, -0.15) is 0 Å². The number of nitrogens with zero attached hydrogens (tertiary/aromatic N) is 1. The molecular weight excluding hydrogens is 300 g/mol. The predicted molar refractivity (Wildman–Crippen MR) is 87.2 cm³/mol. The number of benzene rings is 1. The Kier molecular flexibility index (Phi) is 5.21. The number of halogens is 1. The Morgan fingerprint density at radius 2 is 1.82 bits per heavy atom. The first-order chi connectivity index (χ1) is 10.7. The summed E-state index contributed by atoms with van der Waals surface area (Å²) in [6.07, 6.45) is 2.69. The molecule has 2 fully saturated rings. The zero-order valence-corrected chi connectivity index (χ0v) is 13.5. The lowest BCUT2D eigenvalue weighted by atomic mass is 9.92. The highest BCUT2D eigenvalue weighted by atomic mass is 35.5. The van der Waals surface area contributed by atoms with Crippen molar-refractivity contribution in [1.29, 1.82) is 0 Å². The average Bonchev–Trinajstić information content (AvgIpc) is 2.87. The molecule has 5 heteroatoms. The van der Waals surface area contributed by atoms with Crippen molar-refractivity contribution < 1.29 is 9.53 Å². The molecule has 2 aliphatic rings. The van der Waals surface area contributed by atoms with Gasteiger partial charge < -0.3 is 15.0 Å². The number of rotatable bonds is 4. The van der Waals surface area contributed by atoms with Crippen LogP contribution in [0.2, 0.25) is 5.02 Å². The first-order valence-corrected chi connectivity index (χ1v) is 8.47. The van der Waals surface area contributed by atoms with Crippen molar-refractivity contribution in [2.75, 3.05) is 32.8 Å². The third-order valence-electron chi connectivity index (χ3n) is 4.77. The summed E-state index contributed by atoms with van der Waals surface area (Å²) >= 11 is 5.83. The number of carbonyl (C=O) groups is 1. The summed E-state index contributed by atoms with van der Waals surface area (Å²) in [5.41, 5.74) is 0. The van der Waals surface area contributed by atoms with Gasteiger partial charge in [0.05, 0.1) is 13.0 Å². The SMILES string of the molecule is O=C(CCOc1ccc(Cl)cc1)N1CC[C@@H]2CNC[C@@H]2CC1. The molecule has 2 atom stereocenters. The molecule has 2 saturated heterocycles. The normalized spacial score (nSPS) is 24.7. The molecular formula is C17H23ClN2O2. The van der Waals surface area contributed by atoms with Crippen molar-refractivity contribution in [2.24, 2.45) is 11.8 Å². The van der Waals surface area contributed by atoms with Crippen LogP contribution >= 0.6 is 11.6 Å². The van der Waals surface area contributed by atoms with Gasteiger partial charge in [-0.25, -0.2) is 0 Å². The van der Waals surface area contributed by atoms with E-state index in [0.29, 0.717) is 18.1 Å². The summed E-state index contributed by atoms with van der Waals surface area (Å²) in [7, 11) is 0. The molecule has 0 bridgehead atoms.